The second-order valence-electron chi connectivity index (χ2n) is 13.4. The molecule has 48 heavy (non-hydrogen) atoms. The van der Waals surface area contributed by atoms with Crippen molar-refractivity contribution in [2.75, 3.05) is 43.5 Å². The molecule has 1 N–H and O–H groups in total. The van der Waals surface area contributed by atoms with Crippen molar-refractivity contribution in [3.05, 3.63) is 89.2 Å². The van der Waals surface area contributed by atoms with E-state index in [0.29, 0.717) is 31.0 Å². The number of likely N-dealkylation sites (N-methyl/N-ethyl adjacent to an activating group) is 1. The molecule has 12 heteroatoms. The topological polar surface area (TPSA) is 127 Å². The van der Waals surface area contributed by atoms with Crippen LogP contribution >= 0.6 is 0 Å². The van der Waals surface area contributed by atoms with Crippen LogP contribution in [0.3, 0.4) is 0 Å². The van der Waals surface area contributed by atoms with Gasteiger partial charge < -0.3 is 19.3 Å². The zero-order valence-electron chi connectivity index (χ0n) is 28.6. The Balaban J connectivity index is 1.61. The fourth-order valence-corrected chi connectivity index (χ4v) is 6.80. The van der Waals surface area contributed by atoms with Gasteiger partial charge in [-0.1, -0.05) is 45.0 Å². The molecule has 2 aromatic carbocycles. The molecular formula is C36H44N6O5S. The Labute approximate surface area is 283 Å². The van der Waals surface area contributed by atoms with E-state index in [0.717, 1.165) is 22.4 Å². The lowest BCUT2D eigenvalue weighted by Crippen LogP contribution is -2.45. The van der Waals surface area contributed by atoms with Gasteiger partial charge in [0.25, 0.3) is 15.9 Å². The molecular weight excluding hydrogens is 628 g/mol. The lowest BCUT2D eigenvalue weighted by Gasteiger charge is -2.35. The largest absolute Gasteiger partial charge is 0.475 e. The number of sulfonamides is 1. The summed E-state index contributed by atoms with van der Waals surface area (Å²) >= 11 is 0. The fraction of sp³-hybridized carbons (Fsp3) is 0.389. The first-order valence-corrected chi connectivity index (χ1v) is 17.4. The van der Waals surface area contributed by atoms with Crippen molar-refractivity contribution in [1.29, 1.82) is 0 Å². The predicted octanol–water partition coefficient (Wildman–Crippen LogP) is 5.88. The summed E-state index contributed by atoms with van der Waals surface area (Å²) in [6.07, 6.45) is 2.37. The summed E-state index contributed by atoms with van der Waals surface area (Å²) in [7, 11) is -0.535. The fourth-order valence-electron chi connectivity index (χ4n) is 5.81. The highest BCUT2D eigenvalue weighted by atomic mass is 32.2. The summed E-state index contributed by atoms with van der Waals surface area (Å²) in [4.78, 5) is 31.9. The second-order valence-corrected chi connectivity index (χ2v) is 15.1. The van der Waals surface area contributed by atoms with E-state index in [1.165, 1.54) is 12.1 Å². The number of ether oxygens (including phenoxy) is 2. The minimum atomic E-state index is -4.17. The first-order chi connectivity index (χ1) is 22.7. The van der Waals surface area contributed by atoms with Crippen LogP contribution < -0.4 is 14.4 Å². The van der Waals surface area contributed by atoms with Crippen molar-refractivity contribution in [3.63, 3.8) is 0 Å². The molecule has 0 fully saturated rings. The smallest absolute Gasteiger partial charge is 0.264 e. The van der Waals surface area contributed by atoms with E-state index in [2.05, 4.69) is 35.5 Å². The number of amides is 1. The molecule has 0 saturated carbocycles. The number of hydrogen-bond acceptors (Lipinski definition) is 9. The quantitative estimate of drug-likeness (QED) is 0.244. The van der Waals surface area contributed by atoms with E-state index in [1.54, 1.807) is 36.4 Å². The maximum atomic E-state index is 14.4. The third-order valence-corrected chi connectivity index (χ3v) is 9.57. The van der Waals surface area contributed by atoms with Gasteiger partial charge in [-0.2, -0.15) is 4.98 Å². The maximum Gasteiger partial charge on any atom is 0.264 e. The first kappa shape index (κ1) is 34.8. The summed E-state index contributed by atoms with van der Waals surface area (Å²) in [5.41, 5.74) is 4.99. The molecule has 5 rings (SSSR count). The Morgan fingerprint density at radius 1 is 1.04 bits per heavy atom. The molecule has 11 nitrogen and oxygen atoms in total. The van der Waals surface area contributed by atoms with E-state index >= 15 is 0 Å². The zero-order chi connectivity index (χ0) is 34.6. The molecule has 0 unspecified atom stereocenters. The van der Waals surface area contributed by atoms with E-state index in [9.17, 15) is 13.2 Å². The first-order valence-electron chi connectivity index (χ1n) is 15.9. The Kier molecular flexibility index (Phi) is 10.4. The molecule has 254 valence electrons. The molecule has 0 aliphatic carbocycles. The number of methoxy groups -OCH3 is 1. The summed E-state index contributed by atoms with van der Waals surface area (Å²) in [6, 6.07) is 17.1. The van der Waals surface area contributed by atoms with Crippen LogP contribution in [-0.2, 0) is 21.3 Å². The highest BCUT2D eigenvalue weighted by Crippen LogP contribution is 2.32. The number of anilines is 2. The normalized spacial score (nSPS) is 16.2. The molecule has 4 bridgehead atoms. The van der Waals surface area contributed by atoms with Crippen LogP contribution in [0.4, 0.5) is 11.6 Å². The monoisotopic (exact) mass is 672 g/mol. The zero-order valence-corrected chi connectivity index (χ0v) is 29.5. The number of carbonyl (C=O) groups is 1. The average molecular weight is 673 g/mol. The molecule has 0 radical (unpaired) electrons. The molecule has 1 amide bonds. The number of rotatable bonds is 8. The average Bonchev–Trinajstić information content (AvgIpc) is 3.03. The van der Waals surface area contributed by atoms with E-state index in [-0.39, 0.29) is 46.8 Å². The van der Waals surface area contributed by atoms with Crippen molar-refractivity contribution >= 4 is 27.6 Å². The van der Waals surface area contributed by atoms with Gasteiger partial charge in [-0.05, 0) is 67.1 Å². The molecule has 0 saturated heterocycles. The summed E-state index contributed by atoms with van der Waals surface area (Å²) in [5, 5.41) is 0. The van der Waals surface area contributed by atoms with E-state index in [4.69, 9.17) is 14.5 Å². The number of hydrogen-bond donors (Lipinski definition) is 1. The lowest BCUT2D eigenvalue weighted by molar-refractivity contribution is 0.0509. The van der Waals surface area contributed by atoms with Gasteiger partial charge in [-0.3, -0.25) is 9.78 Å². The van der Waals surface area contributed by atoms with Gasteiger partial charge in [-0.15, -0.1) is 0 Å². The van der Waals surface area contributed by atoms with Gasteiger partial charge >= 0.3 is 0 Å². The van der Waals surface area contributed by atoms with Gasteiger partial charge in [0.1, 0.15) is 6.61 Å². The summed E-state index contributed by atoms with van der Waals surface area (Å²) < 4.78 is 41.4. The Bertz CT molecular complexity index is 1850. The number of benzene rings is 2. The molecule has 1 aliphatic heterocycles. The van der Waals surface area contributed by atoms with Crippen LogP contribution in [0.15, 0.2) is 71.8 Å². The van der Waals surface area contributed by atoms with Crippen LogP contribution in [0.1, 0.15) is 54.4 Å². The Morgan fingerprint density at radius 2 is 1.77 bits per heavy atom. The number of aromatic nitrogens is 3. The molecule has 2 aromatic heterocycles. The minimum Gasteiger partial charge on any atom is -0.475 e. The highest BCUT2D eigenvalue weighted by molar-refractivity contribution is 7.92. The van der Waals surface area contributed by atoms with Gasteiger partial charge in [0.15, 0.2) is 0 Å². The third-order valence-electron chi connectivity index (χ3n) is 8.24. The van der Waals surface area contributed by atoms with Gasteiger partial charge in [0.2, 0.25) is 11.8 Å². The Morgan fingerprint density at radius 3 is 2.44 bits per heavy atom. The molecule has 1 atom stereocenters. The molecule has 3 heterocycles. The number of aryl methyl sites for hydroxylation is 2. The van der Waals surface area contributed by atoms with Gasteiger partial charge in [0, 0.05) is 37.9 Å². The minimum absolute atomic E-state index is 0.0787. The summed E-state index contributed by atoms with van der Waals surface area (Å²) in [6.45, 7) is 11.9. The number of nitrogens with one attached hydrogen (secondary N) is 1. The Hall–Kier alpha value is -4.55. The van der Waals surface area contributed by atoms with Crippen molar-refractivity contribution in [2.45, 2.75) is 58.5 Å². The van der Waals surface area contributed by atoms with Crippen LogP contribution in [0.25, 0.3) is 11.3 Å². The van der Waals surface area contributed by atoms with Crippen molar-refractivity contribution < 1.29 is 22.7 Å². The number of fused-ring (bicyclic) bond motifs is 4. The number of carbonyl (C=O) groups excluding carboxylic acids is 1. The highest BCUT2D eigenvalue weighted by Gasteiger charge is 2.32. The standard InChI is InChI=1S/C36H44N6O5S/c1-24-10-8-11-25(2)33(24)31-19-32-39-35(38-31)40-48(44,45)30-13-9-12-26(18-30)34(43)42(29(23-47-32)20-36(3,4)5)22-27-14-15-28(21-37-27)41(6)16-17-46-7/h8-15,18-19,21,29H,16-17,20,22-23H2,1-7H3,(H,38,39,40)/t29-/m1/s1. The van der Waals surface area contributed by atoms with Crippen molar-refractivity contribution in [2.24, 2.45) is 5.41 Å². The van der Waals surface area contributed by atoms with E-state index < -0.39 is 16.1 Å². The summed E-state index contributed by atoms with van der Waals surface area (Å²) in [5.74, 6) is -0.259. The van der Waals surface area contributed by atoms with Gasteiger partial charge in [0.05, 0.1) is 47.4 Å². The maximum absolute atomic E-state index is 14.4. The number of nitrogens with zero attached hydrogens (tertiary/aromatic N) is 5. The van der Waals surface area contributed by atoms with Crippen molar-refractivity contribution in [3.8, 4) is 17.1 Å². The van der Waals surface area contributed by atoms with Crippen LogP contribution in [0, 0.1) is 19.3 Å². The van der Waals surface area contributed by atoms with Crippen LogP contribution in [-0.4, -0.2) is 74.1 Å². The number of pyridine rings is 1. The third kappa shape index (κ3) is 8.29. The van der Waals surface area contributed by atoms with E-state index in [1.807, 2.05) is 56.1 Å². The molecule has 1 aliphatic rings. The lowest BCUT2D eigenvalue weighted by atomic mass is 9.87. The van der Waals surface area contributed by atoms with Crippen molar-refractivity contribution in [1.82, 2.24) is 19.9 Å². The second kappa shape index (κ2) is 14.3. The SMILES string of the molecule is COCCN(C)c1ccc(CN2C(=O)c3cccc(c3)S(=O)(=O)Nc3nc(cc(-c4c(C)cccc4C)n3)OC[C@H]2CC(C)(C)C)nc1. The predicted molar refractivity (Wildman–Crippen MR) is 187 cm³/mol. The molecule has 0 spiro atoms. The van der Waals surface area contributed by atoms with Crippen LogP contribution in [0.5, 0.6) is 5.88 Å². The van der Waals surface area contributed by atoms with Gasteiger partial charge in [-0.25, -0.2) is 18.1 Å². The molecule has 4 aromatic rings. The van der Waals surface area contributed by atoms with Crippen LogP contribution in [0.2, 0.25) is 0 Å².